The smallest absolute Gasteiger partial charge is 0.407 e. The van der Waals surface area contributed by atoms with Crippen LogP contribution in [-0.4, -0.2) is 43.1 Å². The summed E-state index contributed by atoms with van der Waals surface area (Å²) in [6.45, 7) is 3.12. The van der Waals surface area contributed by atoms with Gasteiger partial charge < -0.3 is 25.8 Å². The molecular weight excluding hydrogens is 354 g/mol. The van der Waals surface area contributed by atoms with E-state index in [1.807, 2.05) is 18.2 Å². The summed E-state index contributed by atoms with van der Waals surface area (Å²) in [4.78, 5) is 46.6. The molecule has 0 bridgehead atoms. The zero-order valence-electron chi connectivity index (χ0n) is 15.4. The lowest BCUT2D eigenvalue weighted by Crippen LogP contribution is -2.49. The van der Waals surface area contributed by atoms with E-state index < -0.39 is 42.4 Å². The standard InChI is InChI=1S/C18H25N3O6/c1-3-26-17(24)12(2)9-14(16(19)23)21-15(22)10-20-18(25)27-11-13-7-5-4-6-8-13/h4-8,12,14H,3,9-11H2,1-2H3,(H2,19,23)(H,20,25)(H,21,22)/t12-,14+/m0/s1. The van der Waals surface area contributed by atoms with Crippen molar-refractivity contribution in [3.05, 3.63) is 35.9 Å². The number of ether oxygens (including phenoxy) is 2. The number of nitrogens with one attached hydrogen (secondary N) is 2. The molecule has 2 atom stereocenters. The highest BCUT2D eigenvalue weighted by atomic mass is 16.5. The summed E-state index contributed by atoms with van der Waals surface area (Å²) in [6, 6.07) is 7.99. The van der Waals surface area contributed by atoms with Crippen molar-refractivity contribution in [2.45, 2.75) is 32.9 Å². The second kappa shape index (κ2) is 11.5. The van der Waals surface area contributed by atoms with Crippen molar-refractivity contribution in [1.29, 1.82) is 0 Å². The minimum atomic E-state index is -1.06. The van der Waals surface area contributed by atoms with Gasteiger partial charge in [-0.05, 0) is 18.9 Å². The Labute approximate surface area is 157 Å². The third-order valence-corrected chi connectivity index (χ3v) is 3.56. The predicted molar refractivity (Wildman–Crippen MR) is 96.2 cm³/mol. The van der Waals surface area contributed by atoms with Crippen molar-refractivity contribution in [2.75, 3.05) is 13.2 Å². The van der Waals surface area contributed by atoms with Crippen LogP contribution in [0, 0.1) is 5.92 Å². The topological polar surface area (TPSA) is 137 Å². The molecule has 0 saturated heterocycles. The average Bonchev–Trinajstić information content (AvgIpc) is 2.65. The predicted octanol–water partition coefficient (Wildman–Crippen LogP) is 0.472. The average molecular weight is 379 g/mol. The maximum absolute atomic E-state index is 11.9. The fourth-order valence-electron chi connectivity index (χ4n) is 2.15. The van der Waals surface area contributed by atoms with E-state index >= 15 is 0 Å². The number of hydrogen-bond acceptors (Lipinski definition) is 6. The zero-order valence-corrected chi connectivity index (χ0v) is 15.4. The largest absolute Gasteiger partial charge is 0.466 e. The summed E-state index contributed by atoms with van der Waals surface area (Å²) in [5.41, 5.74) is 6.06. The van der Waals surface area contributed by atoms with E-state index in [0.29, 0.717) is 0 Å². The molecule has 27 heavy (non-hydrogen) atoms. The van der Waals surface area contributed by atoms with E-state index in [1.54, 1.807) is 26.0 Å². The van der Waals surface area contributed by atoms with Gasteiger partial charge in [0.2, 0.25) is 11.8 Å². The third-order valence-electron chi connectivity index (χ3n) is 3.56. The molecule has 148 valence electrons. The number of alkyl carbamates (subject to hydrolysis) is 1. The normalized spacial score (nSPS) is 12.4. The van der Waals surface area contributed by atoms with Gasteiger partial charge in [0.15, 0.2) is 0 Å². The van der Waals surface area contributed by atoms with Gasteiger partial charge in [-0.15, -0.1) is 0 Å². The number of benzene rings is 1. The van der Waals surface area contributed by atoms with Gasteiger partial charge in [0, 0.05) is 0 Å². The lowest BCUT2D eigenvalue weighted by Gasteiger charge is -2.19. The summed E-state index contributed by atoms with van der Waals surface area (Å²) in [5, 5.41) is 4.66. The number of carbonyl (C=O) groups excluding carboxylic acids is 4. The Morgan fingerprint density at radius 2 is 1.78 bits per heavy atom. The molecule has 0 aliphatic rings. The maximum atomic E-state index is 11.9. The number of nitrogens with two attached hydrogens (primary N) is 1. The monoisotopic (exact) mass is 379 g/mol. The Morgan fingerprint density at radius 1 is 1.11 bits per heavy atom. The quantitative estimate of drug-likeness (QED) is 0.506. The molecule has 9 heteroatoms. The van der Waals surface area contributed by atoms with Crippen LogP contribution >= 0.6 is 0 Å². The fourth-order valence-corrected chi connectivity index (χ4v) is 2.15. The van der Waals surface area contributed by atoms with Crippen molar-refractivity contribution < 1.29 is 28.7 Å². The van der Waals surface area contributed by atoms with Gasteiger partial charge in [-0.3, -0.25) is 14.4 Å². The summed E-state index contributed by atoms with van der Waals surface area (Å²) < 4.78 is 9.83. The van der Waals surface area contributed by atoms with E-state index in [2.05, 4.69) is 10.6 Å². The van der Waals surface area contributed by atoms with E-state index in [-0.39, 0.29) is 19.6 Å². The van der Waals surface area contributed by atoms with E-state index in [1.165, 1.54) is 0 Å². The molecule has 0 aliphatic heterocycles. The second-order valence-corrected chi connectivity index (χ2v) is 5.83. The fraction of sp³-hybridized carbons (Fsp3) is 0.444. The van der Waals surface area contributed by atoms with Crippen LogP contribution in [-0.2, 0) is 30.5 Å². The molecule has 4 N–H and O–H groups in total. The summed E-state index contributed by atoms with van der Waals surface area (Å²) in [6.07, 6.45) is -0.775. The maximum Gasteiger partial charge on any atom is 0.407 e. The molecular formula is C18H25N3O6. The van der Waals surface area contributed by atoms with E-state index in [9.17, 15) is 19.2 Å². The molecule has 1 rings (SSSR count). The number of hydrogen-bond donors (Lipinski definition) is 3. The second-order valence-electron chi connectivity index (χ2n) is 5.83. The van der Waals surface area contributed by atoms with Crippen LogP contribution in [0.3, 0.4) is 0 Å². The first kappa shape index (κ1) is 21.9. The zero-order chi connectivity index (χ0) is 20.2. The van der Waals surface area contributed by atoms with Crippen molar-refractivity contribution in [2.24, 2.45) is 11.7 Å². The first-order valence-electron chi connectivity index (χ1n) is 8.53. The van der Waals surface area contributed by atoms with Gasteiger partial charge in [-0.1, -0.05) is 37.3 Å². The van der Waals surface area contributed by atoms with Gasteiger partial charge in [0.1, 0.15) is 19.2 Å². The molecule has 0 aliphatic carbocycles. The van der Waals surface area contributed by atoms with Crippen molar-refractivity contribution >= 4 is 23.9 Å². The first-order chi connectivity index (χ1) is 12.8. The van der Waals surface area contributed by atoms with Crippen molar-refractivity contribution in [1.82, 2.24) is 10.6 Å². The summed E-state index contributed by atoms with van der Waals surface area (Å²) >= 11 is 0. The van der Waals surface area contributed by atoms with Gasteiger partial charge >= 0.3 is 12.1 Å². The number of amides is 3. The van der Waals surface area contributed by atoms with E-state index in [4.69, 9.17) is 15.2 Å². The molecule has 0 unspecified atom stereocenters. The first-order valence-corrected chi connectivity index (χ1v) is 8.53. The highest BCUT2D eigenvalue weighted by Gasteiger charge is 2.25. The number of rotatable bonds is 10. The summed E-state index contributed by atoms with van der Waals surface area (Å²) in [5.74, 6) is -2.52. The van der Waals surface area contributed by atoms with Crippen LogP contribution in [0.15, 0.2) is 30.3 Å². The van der Waals surface area contributed by atoms with Gasteiger partial charge in [-0.25, -0.2) is 4.79 Å². The van der Waals surface area contributed by atoms with Gasteiger partial charge in [-0.2, -0.15) is 0 Å². The van der Waals surface area contributed by atoms with Crippen LogP contribution in [0.2, 0.25) is 0 Å². The third kappa shape index (κ3) is 8.70. The Hall–Kier alpha value is -3.10. The van der Waals surface area contributed by atoms with Gasteiger partial charge in [0.25, 0.3) is 0 Å². The lowest BCUT2D eigenvalue weighted by molar-refractivity contribution is -0.148. The van der Waals surface area contributed by atoms with E-state index in [0.717, 1.165) is 5.56 Å². The Morgan fingerprint density at radius 3 is 2.37 bits per heavy atom. The highest BCUT2D eigenvalue weighted by Crippen LogP contribution is 2.08. The molecule has 0 radical (unpaired) electrons. The van der Waals surface area contributed by atoms with Gasteiger partial charge in [0.05, 0.1) is 12.5 Å². The Bertz CT molecular complexity index is 650. The molecule has 0 aromatic heterocycles. The number of primary amides is 1. The molecule has 0 heterocycles. The molecule has 1 aromatic carbocycles. The van der Waals surface area contributed by atoms with Crippen LogP contribution in [0.25, 0.3) is 0 Å². The molecule has 3 amide bonds. The molecule has 9 nitrogen and oxygen atoms in total. The highest BCUT2D eigenvalue weighted by molar-refractivity contribution is 5.89. The molecule has 0 fully saturated rings. The minimum absolute atomic E-state index is 0.00163. The lowest BCUT2D eigenvalue weighted by atomic mass is 10.0. The minimum Gasteiger partial charge on any atom is -0.466 e. The molecule has 0 saturated carbocycles. The van der Waals surface area contributed by atoms with Crippen LogP contribution in [0.1, 0.15) is 25.8 Å². The van der Waals surface area contributed by atoms with Crippen LogP contribution < -0.4 is 16.4 Å². The SMILES string of the molecule is CCOC(=O)[C@@H](C)C[C@@H](NC(=O)CNC(=O)OCc1ccccc1)C(N)=O. The number of esters is 1. The van der Waals surface area contributed by atoms with Crippen molar-refractivity contribution in [3.8, 4) is 0 Å². The van der Waals surface area contributed by atoms with Crippen LogP contribution in [0.4, 0.5) is 4.79 Å². The summed E-state index contributed by atoms with van der Waals surface area (Å²) in [7, 11) is 0. The van der Waals surface area contributed by atoms with Crippen LogP contribution in [0.5, 0.6) is 0 Å². The molecule has 1 aromatic rings. The number of carbonyl (C=O) groups is 4. The Balaban J connectivity index is 2.39. The molecule has 0 spiro atoms. The van der Waals surface area contributed by atoms with Crippen molar-refractivity contribution in [3.63, 3.8) is 0 Å². The Kier molecular flexibility index (Phi) is 9.35.